The van der Waals surface area contributed by atoms with Crippen molar-refractivity contribution < 1.29 is 8.42 Å². The molecule has 0 saturated carbocycles. The Hall–Kier alpha value is -0.810. The van der Waals surface area contributed by atoms with Crippen LogP contribution in [0, 0.1) is 0 Å². The number of nitrogens with one attached hydrogen (secondary N) is 1. The molecule has 4 nitrogen and oxygen atoms in total. The van der Waals surface area contributed by atoms with Gasteiger partial charge in [-0.25, -0.2) is 13.4 Å². The molecule has 1 N–H and O–H groups in total. The van der Waals surface area contributed by atoms with Crippen LogP contribution < -0.4 is 5.32 Å². The Labute approximate surface area is 101 Å². The Kier molecular flexibility index (Phi) is 3.80. The van der Waals surface area contributed by atoms with Crippen molar-refractivity contribution in [3.05, 3.63) is 23.5 Å². The molecule has 0 spiro atoms. The summed E-state index contributed by atoms with van der Waals surface area (Å²) in [5.41, 5.74) is 0.761. The third-order valence-corrected chi connectivity index (χ3v) is 4.81. The van der Waals surface area contributed by atoms with Crippen LogP contribution in [0.25, 0.3) is 0 Å². The molecule has 0 aliphatic carbocycles. The van der Waals surface area contributed by atoms with Gasteiger partial charge in [-0.2, -0.15) is 0 Å². The van der Waals surface area contributed by atoms with E-state index in [1.165, 1.54) is 6.26 Å². The van der Waals surface area contributed by atoms with Gasteiger partial charge < -0.3 is 5.32 Å². The molecule has 6 heteroatoms. The van der Waals surface area contributed by atoms with Gasteiger partial charge in [0.2, 0.25) is 0 Å². The van der Waals surface area contributed by atoms with E-state index < -0.39 is 14.6 Å². The van der Waals surface area contributed by atoms with Gasteiger partial charge in [-0.1, -0.05) is 11.6 Å². The fourth-order valence-corrected chi connectivity index (χ4v) is 1.47. The lowest BCUT2D eigenvalue weighted by atomic mass is 10.2. The molecule has 0 aromatic carbocycles. The second kappa shape index (κ2) is 4.59. The summed E-state index contributed by atoms with van der Waals surface area (Å²) < 4.78 is 22.1. The Bertz CT molecular complexity index is 471. The van der Waals surface area contributed by atoms with Gasteiger partial charge in [-0.3, -0.25) is 0 Å². The van der Waals surface area contributed by atoms with E-state index in [1.54, 1.807) is 32.2 Å². The fraction of sp³-hybridized carbons (Fsp3) is 0.500. The number of aromatic nitrogens is 1. The van der Waals surface area contributed by atoms with Crippen molar-refractivity contribution in [3.63, 3.8) is 0 Å². The molecule has 1 aromatic rings. The first kappa shape index (κ1) is 13.3. The summed E-state index contributed by atoms with van der Waals surface area (Å²) in [6.07, 6.45) is 2.80. The fourth-order valence-electron chi connectivity index (χ4n) is 0.958. The van der Waals surface area contributed by atoms with Gasteiger partial charge in [0, 0.05) is 24.7 Å². The van der Waals surface area contributed by atoms with Crippen LogP contribution in [0.15, 0.2) is 18.3 Å². The third kappa shape index (κ3) is 3.35. The van der Waals surface area contributed by atoms with Crippen LogP contribution in [0.1, 0.15) is 13.8 Å². The zero-order valence-corrected chi connectivity index (χ0v) is 11.1. The number of sulfone groups is 1. The maximum atomic E-state index is 11.5. The first-order chi connectivity index (χ1) is 7.22. The van der Waals surface area contributed by atoms with E-state index in [1.807, 2.05) is 0 Å². The highest BCUT2D eigenvalue weighted by Gasteiger charge is 2.29. The highest BCUT2D eigenvalue weighted by molar-refractivity contribution is 7.92. The van der Waals surface area contributed by atoms with Gasteiger partial charge in [-0.05, 0) is 26.0 Å². The van der Waals surface area contributed by atoms with Crippen LogP contribution in [0.2, 0.25) is 5.15 Å². The first-order valence-electron chi connectivity index (χ1n) is 4.77. The first-order valence-corrected chi connectivity index (χ1v) is 7.04. The zero-order chi connectivity index (χ0) is 12.4. The number of halogens is 1. The number of anilines is 1. The van der Waals surface area contributed by atoms with E-state index in [-0.39, 0.29) is 0 Å². The molecule has 1 aromatic heterocycles. The second-order valence-electron chi connectivity index (χ2n) is 4.25. The van der Waals surface area contributed by atoms with Crippen molar-refractivity contribution in [3.8, 4) is 0 Å². The minimum Gasteiger partial charge on any atom is -0.383 e. The Morgan fingerprint density at radius 1 is 1.50 bits per heavy atom. The predicted molar refractivity (Wildman–Crippen MR) is 66.7 cm³/mol. The van der Waals surface area contributed by atoms with Crippen molar-refractivity contribution in [2.24, 2.45) is 0 Å². The summed E-state index contributed by atoms with van der Waals surface area (Å²) >= 11 is 5.72. The van der Waals surface area contributed by atoms with Crippen LogP contribution in [-0.4, -0.2) is 30.9 Å². The van der Waals surface area contributed by atoms with E-state index in [4.69, 9.17) is 11.6 Å². The molecule has 1 heterocycles. The number of nitrogens with zero attached hydrogens (tertiary/aromatic N) is 1. The molecule has 0 aliphatic heterocycles. The molecule has 0 radical (unpaired) electrons. The summed E-state index contributed by atoms with van der Waals surface area (Å²) in [7, 11) is -3.09. The molecular formula is C10H15ClN2O2S. The molecule has 0 unspecified atom stereocenters. The topological polar surface area (TPSA) is 59.1 Å². The summed E-state index contributed by atoms with van der Waals surface area (Å²) in [5.74, 6) is 0. The molecule has 0 bridgehead atoms. The van der Waals surface area contributed by atoms with Gasteiger partial charge in [0.05, 0.1) is 4.75 Å². The highest BCUT2D eigenvalue weighted by atomic mass is 35.5. The summed E-state index contributed by atoms with van der Waals surface area (Å²) in [6, 6.07) is 3.39. The average molecular weight is 263 g/mol. The standard InChI is InChI=1S/C10H15ClN2O2S/c1-10(2,16(3,14)15)7-13-8-4-5-12-9(11)6-8/h4-6H,7H2,1-3H3,(H,12,13). The number of hydrogen-bond donors (Lipinski definition) is 1. The van der Waals surface area contributed by atoms with Crippen LogP contribution in [0.4, 0.5) is 5.69 Å². The number of hydrogen-bond acceptors (Lipinski definition) is 4. The number of rotatable bonds is 4. The minimum absolute atomic E-state index is 0.326. The zero-order valence-electron chi connectivity index (χ0n) is 9.49. The largest absolute Gasteiger partial charge is 0.383 e. The SMILES string of the molecule is CC(C)(CNc1ccnc(Cl)c1)S(C)(=O)=O. The Morgan fingerprint density at radius 3 is 2.62 bits per heavy atom. The van der Waals surface area contributed by atoms with Gasteiger partial charge in [0.1, 0.15) is 5.15 Å². The lowest BCUT2D eigenvalue weighted by molar-refractivity contribution is 0.560. The normalized spacial score (nSPS) is 12.5. The van der Waals surface area contributed by atoms with Crippen molar-refractivity contribution in [2.75, 3.05) is 18.1 Å². The van der Waals surface area contributed by atoms with Crippen molar-refractivity contribution in [1.29, 1.82) is 0 Å². The van der Waals surface area contributed by atoms with Gasteiger partial charge in [0.15, 0.2) is 9.84 Å². The van der Waals surface area contributed by atoms with Gasteiger partial charge >= 0.3 is 0 Å². The van der Waals surface area contributed by atoms with Crippen LogP contribution >= 0.6 is 11.6 Å². The summed E-state index contributed by atoms with van der Waals surface area (Å²) in [5, 5.41) is 3.41. The van der Waals surface area contributed by atoms with Crippen molar-refractivity contribution in [2.45, 2.75) is 18.6 Å². The van der Waals surface area contributed by atoms with Crippen molar-refractivity contribution in [1.82, 2.24) is 4.98 Å². The van der Waals surface area contributed by atoms with Crippen LogP contribution in [-0.2, 0) is 9.84 Å². The predicted octanol–water partition coefficient (Wildman–Crippen LogP) is 1.97. The quantitative estimate of drug-likeness (QED) is 0.843. The molecule has 0 atom stereocenters. The van der Waals surface area contributed by atoms with E-state index in [0.717, 1.165) is 5.69 Å². The molecule has 0 aliphatic rings. The monoisotopic (exact) mass is 262 g/mol. The van der Waals surface area contributed by atoms with E-state index in [9.17, 15) is 8.42 Å². The van der Waals surface area contributed by atoms with E-state index >= 15 is 0 Å². The van der Waals surface area contributed by atoms with Crippen LogP contribution in [0.5, 0.6) is 0 Å². The highest BCUT2D eigenvalue weighted by Crippen LogP contribution is 2.18. The van der Waals surface area contributed by atoms with Crippen LogP contribution in [0.3, 0.4) is 0 Å². The molecule has 1 rings (SSSR count). The summed E-state index contributed by atoms with van der Waals surface area (Å²) in [4.78, 5) is 3.84. The van der Waals surface area contributed by atoms with E-state index in [0.29, 0.717) is 11.7 Å². The average Bonchev–Trinajstić information content (AvgIpc) is 2.13. The third-order valence-electron chi connectivity index (χ3n) is 2.45. The molecule has 16 heavy (non-hydrogen) atoms. The minimum atomic E-state index is -3.09. The van der Waals surface area contributed by atoms with Gasteiger partial charge in [-0.15, -0.1) is 0 Å². The lowest BCUT2D eigenvalue weighted by Crippen LogP contribution is -2.38. The molecule has 0 amide bonds. The molecular weight excluding hydrogens is 248 g/mol. The van der Waals surface area contributed by atoms with Gasteiger partial charge in [0.25, 0.3) is 0 Å². The Balaban J connectivity index is 2.72. The van der Waals surface area contributed by atoms with Crippen molar-refractivity contribution >= 4 is 27.1 Å². The number of pyridine rings is 1. The van der Waals surface area contributed by atoms with E-state index in [2.05, 4.69) is 10.3 Å². The Morgan fingerprint density at radius 2 is 2.12 bits per heavy atom. The molecule has 90 valence electrons. The smallest absolute Gasteiger partial charge is 0.154 e. The maximum absolute atomic E-state index is 11.5. The second-order valence-corrected chi connectivity index (χ2v) is 7.29. The lowest BCUT2D eigenvalue weighted by Gasteiger charge is -2.23. The maximum Gasteiger partial charge on any atom is 0.154 e. The summed E-state index contributed by atoms with van der Waals surface area (Å²) in [6.45, 7) is 3.68. The molecule has 0 saturated heterocycles. The molecule has 0 fully saturated rings.